The zero-order valence-corrected chi connectivity index (χ0v) is 16.9. The smallest absolute Gasteiger partial charge is 0.310 e. The third kappa shape index (κ3) is 5.14. The summed E-state index contributed by atoms with van der Waals surface area (Å²) in [6.07, 6.45) is 4.21. The van der Waals surface area contributed by atoms with Crippen LogP contribution in [0.3, 0.4) is 0 Å². The molecule has 1 saturated carbocycles. The Bertz CT molecular complexity index is 819. The first-order valence-corrected chi connectivity index (χ1v) is 10.3. The highest BCUT2D eigenvalue weighted by Crippen LogP contribution is 2.32. The summed E-state index contributed by atoms with van der Waals surface area (Å²) in [6, 6.07) is 15.1. The Morgan fingerprint density at radius 1 is 1.04 bits per heavy atom. The summed E-state index contributed by atoms with van der Waals surface area (Å²) < 4.78 is 5.51. The number of benzene rings is 2. The molecule has 0 aromatic heterocycles. The third-order valence-electron chi connectivity index (χ3n) is 5.36. The number of carbonyl (C=O) groups is 2. The first-order chi connectivity index (χ1) is 13.6. The first kappa shape index (κ1) is 20.4. The van der Waals surface area contributed by atoms with Crippen molar-refractivity contribution in [3.05, 3.63) is 64.7 Å². The molecule has 0 saturated heterocycles. The molecule has 1 aliphatic carbocycles. The van der Waals surface area contributed by atoms with E-state index in [9.17, 15) is 9.59 Å². The van der Waals surface area contributed by atoms with E-state index in [0.29, 0.717) is 17.9 Å². The number of rotatable bonds is 6. The predicted octanol–water partition coefficient (Wildman–Crippen LogP) is 5.39. The molecule has 4 nitrogen and oxygen atoms in total. The molecule has 0 bridgehead atoms. The topological polar surface area (TPSA) is 55.4 Å². The van der Waals surface area contributed by atoms with Crippen molar-refractivity contribution in [1.82, 2.24) is 0 Å². The highest BCUT2D eigenvalue weighted by Gasteiger charge is 2.36. The average molecular weight is 400 g/mol. The van der Waals surface area contributed by atoms with E-state index in [1.807, 2.05) is 42.5 Å². The summed E-state index contributed by atoms with van der Waals surface area (Å²) in [7, 11) is 0. The van der Waals surface area contributed by atoms with Crippen LogP contribution in [0, 0.1) is 11.8 Å². The van der Waals surface area contributed by atoms with E-state index >= 15 is 0 Å². The fourth-order valence-corrected chi connectivity index (χ4v) is 3.85. The van der Waals surface area contributed by atoms with Crippen LogP contribution in [0.15, 0.2) is 48.5 Å². The van der Waals surface area contributed by atoms with Crippen molar-refractivity contribution >= 4 is 29.2 Å². The SMILES string of the molecule is CCc1ccc(NC(=O)[C@H]2CCCC[C@H]2C(=O)OCc2ccccc2Cl)cc1. The lowest BCUT2D eigenvalue weighted by atomic mass is 9.78. The van der Waals surface area contributed by atoms with Gasteiger partial charge >= 0.3 is 5.97 Å². The van der Waals surface area contributed by atoms with Crippen molar-refractivity contribution in [2.45, 2.75) is 45.6 Å². The number of aryl methyl sites for hydroxylation is 1. The second kappa shape index (κ2) is 9.74. The molecule has 0 spiro atoms. The minimum atomic E-state index is -0.411. The summed E-state index contributed by atoms with van der Waals surface area (Å²) in [5, 5.41) is 3.54. The van der Waals surface area contributed by atoms with E-state index < -0.39 is 5.92 Å². The lowest BCUT2D eigenvalue weighted by molar-refractivity contribution is -0.155. The molecule has 0 unspecified atom stereocenters. The number of hydrogen-bond donors (Lipinski definition) is 1. The number of hydrogen-bond acceptors (Lipinski definition) is 3. The fourth-order valence-electron chi connectivity index (χ4n) is 3.66. The van der Waals surface area contributed by atoms with E-state index in [4.69, 9.17) is 16.3 Å². The molecule has 2 aromatic rings. The highest BCUT2D eigenvalue weighted by molar-refractivity contribution is 6.31. The van der Waals surface area contributed by atoms with Gasteiger partial charge in [0.1, 0.15) is 6.61 Å². The van der Waals surface area contributed by atoms with Crippen molar-refractivity contribution in [3.8, 4) is 0 Å². The lowest BCUT2D eigenvalue weighted by Gasteiger charge is -2.29. The monoisotopic (exact) mass is 399 g/mol. The van der Waals surface area contributed by atoms with Crippen molar-refractivity contribution in [1.29, 1.82) is 0 Å². The summed E-state index contributed by atoms with van der Waals surface area (Å²) in [6.45, 7) is 2.22. The predicted molar refractivity (Wildman–Crippen MR) is 111 cm³/mol. The minimum Gasteiger partial charge on any atom is -0.461 e. The number of amides is 1. The third-order valence-corrected chi connectivity index (χ3v) is 5.73. The molecule has 0 radical (unpaired) electrons. The molecule has 1 fully saturated rings. The Morgan fingerprint density at radius 2 is 1.71 bits per heavy atom. The zero-order chi connectivity index (χ0) is 19.9. The van der Waals surface area contributed by atoms with Gasteiger partial charge in [0, 0.05) is 16.3 Å². The molecule has 5 heteroatoms. The first-order valence-electron chi connectivity index (χ1n) is 9.88. The molecule has 1 N–H and O–H groups in total. The number of ether oxygens (including phenoxy) is 1. The molecule has 1 amide bonds. The molecule has 0 aliphatic heterocycles. The molecule has 0 heterocycles. The van der Waals surface area contributed by atoms with Gasteiger partial charge in [-0.1, -0.05) is 61.7 Å². The van der Waals surface area contributed by atoms with Gasteiger partial charge in [0.15, 0.2) is 0 Å². The van der Waals surface area contributed by atoms with E-state index in [1.54, 1.807) is 6.07 Å². The van der Waals surface area contributed by atoms with Gasteiger partial charge in [-0.05, 0) is 43.0 Å². The second-order valence-corrected chi connectivity index (χ2v) is 7.64. The molecular weight excluding hydrogens is 374 g/mol. The van der Waals surface area contributed by atoms with Crippen molar-refractivity contribution in [3.63, 3.8) is 0 Å². The fraction of sp³-hybridized carbons (Fsp3) is 0.391. The second-order valence-electron chi connectivity index (χ2n) is 7.24. The van der Waals surface area contributed by atoms with Gasteiger partial charge in [0.2, 0.25) is 5.91 Å². The molecule has 3 rings (SSSR count). The maximum Gasteiger partial charge on any atom is 0.310 e. The number of halogens is 1. The Labute approximate surface area is 171 Å². The van der Waals surface area contributed by atoms with Gasteiger partial charge in [0.25, 0.3) is 0 Å². The number of carbonyl (C=O) groups excluding carboxylic acids is 2. The standard InChI is InChI=1S/C23H26ClNO3/c1-2-16-11-13-18(14-12-16)25-22(26)19-8-4-5-9-20(19)23(27)28-15-17-7-3-6-10-21(17)24/h3,6-7,10-14,19-20H,2,4-5,8-9,15H2,1H3,(H,25,26)/t19-,20+/m0/s1. The summed E-state index contributed by atoms with van der Waals surface area (Å²) in [5.41, 5.74) is 2.75. The summed E-state index contributed by atoms with van der Waals surface area (Å²) in [5.74, 6) is -1.20. The van der Waals surface area contributed by atoms with Gasteiger partial charge in [0.05, 0.1) is 11.8 Å². The van der Waals surface area contributed by atoms with E-state index in [1.165, 1.54) is 5.56 Å². The van der Waals surface area contributed by atoms with E-state index in [0.717, 1.165) is 30.5 Å². The van der Waals surface area contributed by atoms with Crippen molar-refractivity contribution in [2.24, 2.45) is 11.8 Å². The van der Waals surface area contributed by atoms with Crippen LogP contribution in [-0.4, -0.2) is 11.9 Å². The molecule has 148 valence electrons. The quantitative estimate of drug-likeness (QED) is 0.662. The molecule has 28 heavy (non-hydrogen) atoms. The normalized spacial score (nSPS) is 19.1. The van der Waals surface area contributed by atoms with Crippen LogP contribution in [0.4, 0.5) is 5.69 Å². The van der Waals surface area contributed by atoms with Gasteiger partial charge < -0.3 is 10.1 Å². The molecule has 1 aliphatic rings. The average Bonchev–Trinajstić information content (AvgIpc) is 2.73. The van der Waals surface area contributed by atoms with Gasteiger partial charge in [-0.2, -0.15) is 0 Å². The lowest BCUT2D eigenvalue weighted by Crippen LogP contribution is -2.37. The van der Waals surface area contributed by atoms with E-state index in [2.05, 4.69) is 12.2 Å². The van der Waals surface area contributed by atoms with Crippen LogP contribution in [-0.2, 0) is 27.4 Å². The highest BCUT2D eigenvalue weighted by atomic mass is 35.5. The Balaban J connectivity index is 1.62. The summed E-state index contributed by atoms with van der Waals surface area (Å²) in [4.78, 5) is 25.5. The van der Waals surface area contributed by atoms with Gasteiger partial charge in [-0.15, -0.1) is 0 Å². The Kier molecular flexibility index (Phi) is 7.10. The molecule has 2 atom stereocenters. The van der Waals surface area contributed by atoms with Gasteiger partial charge in [-0.25, -0.2) is 0 Å². The van der Waals surface area contributed by atoms with Crippen LogP contribution < -0.4 is 5.32 Å². The minimum absolute atomic E-state index is 0.108. The van der Waals surface area contributed by atoms with Crippen LogP contribution in [0.1, 0.15) is 43.7 Å². The number of nitrogens with one attached hydrogen (secondary N) is 1. The number of esters is 1. The maximum atomic E-state index is 12.8. The Hall–Kier alpha value is -2.33. The van der Waals surface area contributed by atoms with Crippen LogP contribution in [0.2, 0.25) is 5.02 Å². The van der Waals surface area contributed by atoms with Gasteiger partial charge in [-0.3, -0.25) is 9.59 Å². The maximum absolute atomic E-state index is 12.8. The summed E-state index contributed by atoms with van der Waals surface area (Å²) >= 11 is 6.13. The largest absolute Gasteiger partial charge is 0.461 e. The van der Waals surface area contributed by atoms with E-state index in [-0.39, 0.29) is 24.4 Å². The van der Waals surface area contributed by atoms with Crippen LogP contribution in [0.25, 0.3) is 0 Å². The van der Waals surface area contributed by atoms with Crippen LogP contribution in [0.5, 0.6) is 0 Å². The van der Waals surface area contributed by atoms with Crippen molar-refractivity contribution in [2.75, 3.05) is 5.32 Å². The number of anilines is 1. The Morgan fingerprint density at radius 3 is 2.39 bits per heavy atom. The van der Waals surface area contributed by atoms with Crippen LogP contribution >= 0.6 is 11.6 Å². The van der Waals surface area contributed by atoms with Crippen molar-refractivity contribution < 1.29 is 14.3 Å². The zero-order valence-electron chi connectivity index (χ0n) is 16.1. The molecular formula is C23H26ClNO3. The molecule has 2 aromatic carbocycles.